The number of nitrogens with zero attached hydrogens (tertiary/aromatic N) is 2. The van der Waals surface area contributed by atoms with Crippen molar-refractivity contribution in [3.63, 3.8) is 0 Å². The third-order valence-corrected chi connectivity index (χ3v) is 5.76. The van der Waals surface area contributed by atoms with Gasteiger partial charge in [0.15, 0.2) is 0 Å². The minimum Gasteiger partial charge on any atom is -0.291 e. The molecule has 0 unspecified atom stereocenters. The van der Waals surface area contributed by atoms with Gasteiger partial charge in [-0.1, -0.05) is 6.42 Å². The van der Waals surface area contributed by atoms with Crippen LogP contribution >= 0.6 is 11.3 Å². The van der Waals surface area contributed by atoms with Crippen molar-refractivity contribution in [1.82, 2.24) is 9.97 Å². The molecule has 1 saturated carbocycles. The Hall–Kier alpha value is -1.69. The van der Waals surface area contributed by atoms with E-state index in [-0.39, 0.29) is 5.56 Å². The van der Waals surface area contributed by atoms with Crippen molar-refractivity contribution in [2.75, 3.05) is 5.43 Å². The first kappa shape index (κ1) is 13.9. The fourth-order valence-corrected chi connectivity index (χ4v) is 4.68. The van der Waals surface area contributed by atoms with E-state index in [1.807, 2.05) is 0 Å². The van der Waals surface area contributed by atoms with E-state index < -0.39 is 0 Å². The van der Waals surface area contributed by atoms with Gasteiger partial charge in [-0.2, -0.15) is 5.10 Å². The lowest BCUT2D eigenvalue weighted by Gasteiger charge is -2.12. The number of rotatable bonds is 2. The maximum absolute atomic E-state index is 12.4. The summed E-state index contributed by atoms with van der Waals surface area (Å²) in [5.41, 5.74) is 5.33. The van der Waals surface area contributed by atoms with Crippen LogP contribution in [0.3, 0.4) is 0 Å². The number of aryl methyl sites for hydroxylation is 2. The molecule has 2 aliphatic rings. The molecular formula is C16H20N4OS. The Morgan fingerprint density at radius 3 is 2.68 bits per heavy atom. The van der Waals surface area contributed by atoms with Crippen molar-refractivity contribution < 1.29 is 0 Å². The second-order valence-corrected chi connectivity index (χ2v) is 7.24. The van der Waals surface area contributed by atoms with Gasteiger partial charge in [0.05, 0.1) is 5.39 Å². The lowest BCUT2D eigenvalue weighted by Crippen LogP contribution is -2.13. The molecule has 0 aliphatic heterocycles. The largest absolute Gasteiger partial charge is 0.291 e. The van der Waals surface area contributed by atoms with Gasteiger partial charge in [0.25, 0.3) is 5.56 Å². The van der Waals surface area contributed by atoms with Crippen LogP contribution in [0.2, 0.25) is 0 Å². The average Bonchev–Trinajstić information content (AvgIpc) is 2.92. The zero-order chi connectivity index (χ0) is 14.9. The van der Waals surface area contributed by atoms with E-state index in [1.165, 1.54) is 48.3 Å². The highest BCUT2D eigenvalue weighted by molar-refractivity contribution is 7.18. The van der Waals surface area contributed by atoms with Gasteiger partial charge in [0, 0.05) is 10.6 Å². The average molecular weight is 316 g/mol. The van der Waals surface area contributed by atoms with Gasteiger partial charge in [-0.25, -0.2) is 10.4 Å². The molecule has 116 valence electrons. The molecule has 0 atom stereocenters. The van der Waals surface area contributed by atoms with Gasteiger partial charge in [0.1, 0.15) is 4.83 Å². The predicted molar refractivity (Wildman–Crippen MR) is 91.0 cm³/mol. The molecule has 2 aromatic rings. The highest BCUT2D eigenvalue weighted by atomic mass is 32.1. The summed E-state index contributed by atoms with van der Waals surface area (Å²) in [6, 6.07) is 0. The van der Waals surface area contributed by atoms with E-state index in [4.69, 9.17) is 0 Å². The first-order valence-electron chi connectivity index (χ1n) is 8.17. The topological polar surface area (TPSA) is 70.1 Å². The van der Waals surface area contributed by atoms with Crippen molar-refractivity contribution in [3.05, 3.63) is 20.8 Å². The van der Waals surface area contributed by atoms with Gasteiger partial charge in [-0.15, -0.1) is 11.3 Å². The van der Waals surface area contributed by atoms with Crippen LogP contribution in [0, 0.1) is 0 Å². The molecule has 4 rings (SSSR count). The maximum Gasteiger partial charge on any atom is 0.261 e. The monoisotopic (exact) mass is 316 g/mol. The number of anilines is 1. The van der Waals surface area contributed by atoms with Crippen LogP contribution in [0.25, 0.3) is 10.2 Å². The first-order chi connectivity index (χ1) is 10.8. The second-order valence-electron chi connectivity index (χ2n) is 6.16. The first-order valence-corrected chi connectivity index (χ1v) is 8.99. The van der Waals surface area contributed by atoms with Gasteiger partial charge < -0.3 is 0 Å². The van der Waals surface area contributed by atoms with Crippen LogP contribution < -0.4 is 11.0 Å². The Balaban J connectivity index is 1.66. The molecule has 22 heavy (non-hydrogen) atoms. The molecule has 2 aromatic heterocycles. The van der Waals surface area contributed by atoms with Crippen molar-refractivity contribution >= 4 is 33.2 Å². The Labute approximate surface area is 132 Å². The number of hydrogen-bond acceptors (Lipinski definition) is 5. The van der Waals surface area contributed by atoms with Gasteiger partial charge >= 0.3 is 0 Å². The lowest BCUT2D eigenvalue weighted by molar-refractivity contribution is 0.665. The molecule has 0 saturated heterocycles. The van der Waals surface area contributed by atoms with E-state index >= 15 is 0 Å². The third-order valence-electron chi connectivity index (χ3n) is 4.58. The highest BCUT2D eigenvalue weighted by Crippen LogP contribution is 2.33. The number of fused-ring (bicyclic) bond motifs is 3. The zero-order valence-corrected chi connectivity index (χ0v) is 13.4. The van der Waals surface area contributed by atoms with Crippen molar-refractivity contribution in [3.8, 4) is 0 Å². The van der Waals surface area contributed by atoms with Crippen LogP contribution in [0.4, 0.5) is 5.95 Å². The quantitative estimate of drug-likeness (QED) is 0.832. The summed E-state index contributed by atoms with van der Waals surface area (Å²) < 4.78 is 0. The summed E-state index contributed by atoms with van der Waals surface area (Å²) in [4.78, 5) is 22.0. The number of hydrogen-bond donors (Lipinski definition) is 2. The Bertz CT molecular complexity index is 781. The number of H-pyrrole nitrogens is 1. The Morgan fingerprint density at radius 2 is 1.82 bits per heavy atom. The number of thiophene rings is 1. The third kappa shape index (κ3) is 2.56. The number of hydrazone groups is 1. The van der Waals surface area contributed by atoms with Crippen LogP contribution in [0.15, 0.2) is 9.90 Å². The molecular weight excluding hydrogens is 296 g/mol. The maximum atomic E-state index is 12.4. The summed E-state index contributed by atoms with van der Waals surface area (Å²) >= 11 is 1.67. The van der Waals surface area contributed by atoms with E-state index in [0.717, 1.165) is 35.9 Å². The predicted octanol–water partition coefficient (Wildman–Crippen LogP) is 3.60. The standard InChI is InChI=1S/C16H20N4OS/c21-14-13-11-8-4-5-9-12(11)22-15(13)18-16(17-14)20-19-10-6-2-1-3-7-10/h1-9H2,(H2,17,18,20,21). The summed E-state index contributed by atoms with van der Waals surface area (Å²) in [7, 11) is 0. The van der Waals surface area contributed by atoms with E-state index in [9.17, 15) is 4.79 Å². The van der Waals surface area contributed by atoms with E-state index in [2.05, 4.69) is 20.5 Å². The Morgan fingerprint density at radius 1 is 1.05 bits per heavy atom. The van der Waals surface area contributed by atoms with E-state index in [1.54, 1.807) is 11.3 Å². The van der Waals surface area contributed by atoms with Gasteiger partial charge in [0.2, 0.25) is 5.95 Å². The molecule has 2 aliphatic carbocycles. The summed E-state index contributed by atoms with van der Waals surface area (Å²) in [6.45, 7) is 0. The molecule has 0 spiro atoms. The molecule has 2 N–H and O–H groups in total. The lowest BCUT2D eigenvalue weighted by atomic mass is 9.97. The van der Waals surface area contributed by atoms with Crippen LogP contribution in [-0.2, 0) is 12.8 Å². The molecule has 0 aromatic carbocycles. The summed E-state index contributed by atoms with van der Waals surface area (Å²) in [5, 5.41) is 5.22. The number of aromatic amines is 1. The molecule has 6 heteroatoms. The fraction of sp³-hybridized carbons (Fsp3) is 0.562. The molecule has 0 bridgehead atoms. The zero-order valence-electron chi connectivity index (χ0n) is 12.6. The van der Waals surface area contributed by atoms with Crippen molar-refractivity contribution in [1.29, 1.82) is 0 Å². The summed E-state index contributed by atoms with van der Waals surface area (Å²) in [6.07, 6.45) is 10.3. The normalized spacial score (nSPS) is 18.3. The second kappa shape index (κ2) is 5.83. The smallest absolute Gasteiger partial charge is 0.261 e. The van der Waals surface area contributed by atoms with Crippen molar-refractivity contribution in [2.24, 2.45) is 5.10 Å². The number of aromatic nitrogens is 2. The molecule has 5 nitrogen and oxygen atoms in total. The van der Waals surface area contributed by atoms with Crippen LogP contribution in [0.5, 0.6) is 0 Å². The molecule has 0 amide bonds. The Kier molecular flexibility index (Phi) is 3.70. The highest BCUT2D eigenvalue weighted by Gasteiger charge is 2.19. The van der Waals surface area contributed by atoms with Gasteiger partial charge in [-0.05, 0) is 56.9 Å². The van der Waals surface area contributed by atoms with E-state index in [0.29, 0.717) is 5.95 Å². The summed E-state index contributed by atoms with van der Waals surface area (Å²) in [5.74, 6) is 0.467. The minimum absolute atomic E-state index is 0.0317. The van der Waals surface area contributed by atoms with Crippen LogP contribution in [-0.4, -0.2) is 15.7 Å². The number of nitrogens with one attached hydrogen (secondary N) is 2. The minimum atomic E-state index is -0.0317. The fourth-order valence-electron chi connectivity index (χ4n) is 3.42. The molecule has 1 fully saturated rings. The molecule has 2 heterocycles. The van der Waals surface area contributed by atoms with Crippen LogP contribution in [0.1, 0.15) is 55.4 Å². The van der Waals surface area contributed by atoms with Gasteiger partial charge in [-0.3, -0.25) is 9.78 Å². The molecule has 0 radical (unpaired) electrons. The van der Waals surface area contributed by atoms with Crippen molar-refractivity contribution in [2.45, 2.75) is 57.8 Å². The SMILES string of the molecule is O=c1[nH]c(NN=C2CCCCC2)nc2sc3c(c12)CCCC3.